The molecule has 0 saturated heterocycles. The number of nitrogens with one attached hydrogen (secondary N) is 1. The third kappa shape index (κ3) is 4.96. The van der Waals surface area contributed by atoms with E-state index in [9.17, 15) is 27.2 Å². The molecule has 5 rings (SSSR count). The van der Waals surface area contributed by atoms with Gasteiger partial charge in [0.15, 0.2) is 17.3 Å². The Kier molecular flexibility index (Phi) is 6.71. The summed E-state index contributed by atoms with van der Waals surface area (Å²) in [5, 5.41) is 6.45. The smallest absolute Gasteiger partial charge is 0.431 e. The number of carbonyl (C=O) groups excluding carboxylic acids is 1. The number of pyridine rings is 3. The number of rotatable bonds is 6. The molecule has 0 aliphatic heterocycles. The van der Waals surface area contributed by atoms with Gasteiger partial charge in [-0.3, -0.25) is 14.2 Å². The zero-order chi connectivity index (χ0) is 28.6. The molecule has 1 aromatic carbocycles. The Bertz CT molecular complexity index is 1810. The number of amides is 1. The summed E-state index contributed by atoms with van der Waals surface area (Å²) in [4.78, 5) is 30.1. The quantitative estimate of drug-likeness (QED) is 0.283. The average Bonchev–Trinajstić information content (AvgIpc) is 3.32. The molecular formula is C27H19F4N5O4. The first-order chi connectivity index (χ1) is 19.1. The molecule has 4 aromatic heterocycles. The van der Waals surface area contributed by atoms with Gasteiger partial charge in [-0.25, -0.2) is 13.9 Å². The normalized spacial score (nSPS) is 11.4. The van der Waals surface area contributed by atoms with Crippen LogP contribution in [-0.2, 0) is 6.18 Å². The topological polar surface area (TPSA) is 99.7 Å². The van der Waals surface area contributed by atoms with Crippen LogP contribution >= 0.6 is 0 Å². The van der Waals surface area contributed by atoms with Crippen LogP contribution in [0.4, 0.5) is 23.2 Å². The van der Waals surface area contributed by atoms with Crippen LogP contribution in [0.5, 0.6) is 17.4 Å². The molecule has 1 amide bonds. The Balaban J connectivity index is 1.45. The number of carbonyl (C=O) groups is 1. The zero-order valence-corrected chi connectivity index (χ0v) is 20.9. The van der Waals surface area contributed by atoms with Gasteiger partial charge in [-0.1, -0.05) is 6.07 Å². The lowest BCUT2D eigenvalue weighted by atomic mass is 10.1. The number of nitrogens with zero attached hydrogens (tertiary/aromatic N) is 4. The Labute approximate surface area is 223 Å². The summed E-state index contributed by atoms with van der Waals surface area (Å²) in [6, 6.07) is 11.5. The van der Waals surface area contributed by atoms with E-state index in [2.05, 4.69) is 15.4 Å². The van der Waals surface area contributed by atoms with Gasteiger partial charge in [0, 0.05) is 24.0 Å². The fraction of sp³-hybridized carbons (Fsp3) is 0.111. The van der Waals surface area contributed by atoms with E-state index in [1.165, 1.54) is 38.4 Å². The number of hydrogen-bond donors (Lipinski definition) is 1. The lowest BCUT2D eigenvalue weighted by Crippen LogP contribution is -2.33. The van der Waals surface area contributed by atoms with Crippen molar-refractivity contribution < 1.29 is 31.8 Å². The van der Waals surface area contributed by atoms with Crippen LogP contribution in [0, 0.1) is 12.7 Å². The second-order valence-corrected chi connectivity index (χ2v) is 8.52. The van der Waals surface area contributed by atoms with Crippen LogP contribution in [-0.4, -0.2) is 32.2 Å². The number of methoxy groups -OCH3 is 1. The number of benzene rings is 1. The first-order valence-electron chi connectivity index (χ1n) is 11.6. The van der Waals surface area contributed by atoms with Crippen LogP contribution in [0.3, 0.4) is 0 Å². The summed E-state index contributed by atoms with van der Waals surface area (Å²) in [5.74, 6) is -1.60. The fourth-order valence-electron chi connectivity index (χ4n) is 4.01. The number of ether oxygens (including phenoxy) is 2. The highest BCUT2D eigenvalue weighted by molar-refractivity contribution is 6.04. The molecule has 0 aliphatic carbocycles. The molecule has 5 aromatic rings. The van der Waals surface area contributed by atoms with E-state index < -0.39 is 34.7 Å². The van der Waals surface area contributed by atoms with E-state index in [-0.39, 0.29) is 28.6 Å². The summed E-state index contributed by atoms with van der Waals surface area (Å²) in [5.41, 5.74) is -2.53. The number of aromatic nitrogens is 4. The third-order valence-electron chi connectivity index (χ3n) is 5.93. The molecule has 13 heteroatoms. The SMILES string of the molecule is COc1cc(C)c(-n2c(C(F)(F)F)ccc(C(=O)Nc3ccc(Oc4cnn5ccccc45)c(F)c3)c2=O)cn1. The predicted octanol–water partition coefficient (Wildman–Crippen LogP) is 5.40. The van der Waals surface area contributed by atoms with Crippen molar-refractivity contribution in [3.8, 4) is 23.1 Å². The first-order valence-corrected chi connectivity index (χ1v) is 11.6. The van der Waals surface area contributed by atoms with E-state index in [1.807, 2.05) is 0 Å². The minimum atomic E-state index is -4.92. The predicted molar refractivity (Wildman–Crippen MR) is 136 cm³/mol. The molecule has 0 atom stereocenters. The Morgan fingerprint density at radius 3 is 2.52 bits per heavy atom. The molecule has 9 nitrogen and oxygen atoms in total. The Hall–Kier alpha value is -5.20. The van der Waals surface area contributed by atoms with Crippen molar-refractivity contribution in [1.82, 2.24) is 19.2 Å². The van der Waals surface area contributed by atoms with Crippen molar-refractivity contribution in [3.63, 3.8) is 0 Å². The molecule has 204 valence electrons. The van der Waals surface area contributed by atoms with E-state index in [4.69, 9.17) is 9.47 Å². The van der Waals surface area contributed by atoms with Gasteiger partial charge in [-0.2, -0.15) is 18.3 Å². The van der Waals surface area contributed by atoms with E-state index in [1.54, 1.807) is 28.9 Å². The number of hydrogen-bond acceptors (Lipinski definition) is 6. The largest absolute Gasteiger partial charge is 0.481 e. The van der Waals surface area contributed by atoms with Gasteiger partial charge in [0.05, 0.1) is 25.2 Å². The van der Waals surface area contributed by atoms with Crippen LogP contribution in [0.1, 0.15) is 21.6 Å². The second kappa shape index (κ2) is 10.2. The minimum Gasteiger partial charge on any atom is -0.481 e. The highest BCUT2D eigenvalue weighted by atomic mass is 19.4. The summed E-state index contributed by atoms with van der Waals surface area (Å²) >= 11 is 0. The van der Waals surface area contributed by atoms with Gasteiger partial charge < -0.3 is 14.8 Å². The Morgan fingerprint density at radius 1 is 1.02 bits per heavy atom. The van der Waals surface area contributed by atoms with Crippen molar-refractivity contribution in [2.24, 2.45) is 0 Å². The molecule has 40 heavy (non-hydrogen) atoms. The number of alkyl halides is 3. The molecule has 0 spiro atoms. The van der Waals surface area contributed by atoms with E-state index in [0.717, 1.165) is 18.3 Å². The zero-order valence-electron chi connectivity index (χ0n) is 20.9. The standard InChI is InChI=1S/C27H19F4N5O4/c1-15-11-24(39-2)32-13-20(15)36-23(27(29,30)31)9-7-17(26(36)38)25(37)34-16-6-8-21(18(28)12-16)40-22-14-33-35-10-4-3-5-19(22)35/h3-14H,1-2H3,(H,34,37). The lowest BCUT2D eigenvalue weighted by molar-refractivity contribution is -0.142. The minimum absolute atomic E-state index is 0.0529. The highest BCUT2D eigenvalue weighted by Crippen LogP contribution is 2.32. The summed E-state index contributed by atoms with van der Waals surface area (Å²) in [7, 11) is 1.33. The first kappa shape index (κ1) is 26.4. The van der Waals surface area contributed by atoms with Crippen molar-refractivity contribution in [2.75, 3.05) is 12.4 Å². The lowest BCUT2D eigenvalue weighted by Gasteiger charge is -2.18. The molecule has 0 unspecified atom stereocenters. The fourth-order valence-corrected chi connectivity index (χ4v) is 4.01. The Morgan fingerprint density at radius 2 is 1.82 bits per heavy atom. The second-order valence-electron chi connectivity index (χ2n) is 8.52. The monoisotopic (exact) mass is 553 g/mol. The molecule has 1 N–H and O–H groups in total. The van der Waals surface area contributed by atoms with Gasteiger partial charge >= 0.3 is 6.18 Å². The maximum atomic E-state index is 14.8. The van der Waals surface area contributed by atoms with Gasteiger partial charge in [-0.15, -0.1) is 0 Å². The summed E-state index contributed by atoms with van der Waals surface area (Å²) in [6.07, 6.45) is -0.760. The van der Waals surface area contributed by atoms with E-state index in [0.29, 0.717) is 21.9 Å². The number of anilines is 1. The molecule has 0 fully saturated rings. The molecule has 4 heterocycles. The summed E-state index contributed by atoms with van der Waals surface area (Å²) < 4.78 is 68.8. The molecule has 0 saturated carbocycles. The van der Waals surface area contributed by atoms with Gasteiger partial charge in [0.1, 0.15) is 16.8 Å². The van der Waals surface area contributed by atoms with Gasteiger partial charge in [0.25, 0.3) is 11.5 Å². The average molecular weight is 553 g/mol. The number of aryl methyl sites for hydroxylation is 1. The van der Waals surface area contributed by atoms with Crippen LogP contribution in [0.2, 0.25) is 0 Å². The number of fused-ring (bicyclic) bond motifs is 1. The number of halogens is 4. The van der Waals surface area contributed by atoms with Crippen molar-refractivity contribution >= 4 is 17.1 Å². The maximum absolute atomic E-state index is 14.8. The van der Waals surface area contributed by atoms with Crippen LogP contribution in [0.25, 0.3) is 11.2 Å². The van der Waals surface area contributed by atoms with E-state index >= 15 is 0 Å². The van der Waals surface area contributed by atoms with Crippen LogP contribution in [0.15, 0.2) is 78.0 Å². The van der Waals surface area contributed by atoms with Crippen molar-refractivity contribution in [3.05, 3.63) is 106 Å². The summed E-state index contributed by atoms with van der Waals surface area (Å²) in [6.45, 7) is 1.47. The molecule has 0 radical (unpaired) electrons. The third-order valence-corrected chi connectivity index (χ3v) is 5.93. The highest BCUT2D eigenvalue weighted by Gasteiger charge is 2.36. The molecular weight excluding hydrogens is 534 g/mol. The van der Waals surface area contributed by atoms with Crippen LogP contribution < -0.4 is 20.3 Å². The van der Waals surface area contributed by atoms with Gasteiger partial charge in [0.2, 0.25) is 5.88 Å². The van der Waals surface area contributed by atoms with Crippen molar-refractivity contribution in [2.45, 2.75) is 13.1 Å². The van der Waals surface area contributed by atoms with Gasteiger partial charge in [-0.05, 0) is 48.9 Å². The molecule has 0 aliphatic rings. The molecule has 0 bridgehead atoms. The van der Waals surface area contributed by atoms with Crippen molar-refractivity contribution in [1.29, 1.82) is 0 Å². The maximum Gasteiger partial charge on any atom is 0.431 e.